The SMILES string of the molecule is CC1CC(Oc2nc(NN)c(Cl)cc2Cl)CC(C)(C)C1. The molecule has 2 unspecified atom stereocenters. The van der Waals surface area contributed by atoms with Crippen LogP contribution in [0.25, 0.3) is 0 Å². The highest BCUT2D eigenvalue weighted by Crippen LogP contribution is 2.41. The molecule has 2 rings (SSSR count). The Morgan fingerprint density at radius 1 is 1.35 bits per heavy atom. The minimum atomic E-state index is 0.116. The summed E-state index contributed by atoms with van der Waals surface area (Å²) >= 11 is 12.1. The first-order valence-corrected chi connectivity index (χ1v) is 7.55. The van der Waals surface area contributed by atoms with E-state index in [0.717, 1.165) is 12.8 Å². The lowest BCUT2D eigenvalue weighted by molar-refractivity contribution is 0.0534. The normalized spacial score (nSPS) is 25.3. The predicted octanol–water partition coefficient (Wildman–Crippen LogP) is 4.27. The third-order valence-electron chi connectivity index (χ3n) is 3.66. The summed E-state index contributed by atoms with van der Waals surface area (Å²) < 4.78 is 5.99. The van der Waals surface area contributed by atoms with Crippen molar-refractivity contribution in [3.8, 4) is 5.88 Å². The molecule has 0 saturated heterocycles. The van der Waals surface area contributed by atoms with Crippen molar-refractivity contribution in [3.63, 3.8) is 0 Å². The van der Waals surface area contributed by atoms with Crippen LogP contribution in [0.4, 0.5) is 5.82 Å². The maximum absolute atomic E-state index is 6.14. The number of rotatable bonds is 3. The molecule has 1 fully saturated rings. The number of halogens is 2. The highest BCUT2D eigenvalue weighted by Gasteiger charge is 2.33. The van der Waals surface area contributed by atoms with Crippen molar-refractivity contribution in [3.05, 3.63) is 16.1 Å². The number of hydrazine groups is 1. The van der Waals surface area contributed by atoms with E-state index >= 15 is 0 Å². The average Bonchev–Trinajstić information content (AvgIpc) is 2.30. The number of nitrogens with two attached hydrogens (primary N) is 1. The van der Waals surface area contributed by atoms with Gasteiger partial charge in [-0.3, -0.25) is 0 Å². The topological polar surface area (TPSA) is 60.2 Å². The smallest absolute Gasteiger partial charge is 0.234 e. The van der Waals surface area contributed by atoms with Crippen molar-refractivity contribution in [2.24, 2.45) is 17.2 Å². The summed E-state index contributed by atoms with van der Waals surface area (Å²) in [5, 5.41) is 0.784. The molecule has 1 heterocycles. The Morgan fingerprint density at radius 3 is 2.65 bits per heavy atom. The number of nitrogens with one attached hydrogen (secondary N) is 1. The maximum Gasteiger partial charge on any atom is 0.234 e. The molecule has 112 valence electrons. The standard InChI is InChI=1S/C14H21Cl2N3O/c1-8-4-9(7-14(2,3)6-8)20-13-11(16)5-10(15)12(18-13)19-17/h5,8-9H,4,6-7,17H2,1-3H3,(H,18,19). The van der Waals surface area contributed by atoms with Gasteiger partial charge in [-0.05, 0) is 36.7 Å². The summed E-state index contributed by atoms with van der Waals surface area (Å²) in [6.45, 7) is 6.78. The fourth-order valence-electron chi connectivity index (χ4n) is 3.14. The molecule has 0 radical (unpaired) electrons. The predicted molar refractivity (Wildman–Crippen MR) is 83.3 cm³/mol. The fraction of sp³-hybridized carbons (Fsp3) is 0.643. The van der Waals surface area contributed by atoms with Gasteiger partial charge < -0.3 is 10.2 Å². The monoisotopic (exact) mass is 317 g/mol. The second kappa shape index (κ2) is 5.96. The minimum Gasteiger partial charge on any atom is -0.473 e. The van der Waals surface area contributed by atoms with Gasteiger partial charge in [-0.2, -0.15) is 4.98 Å². The number of anilines is 1. The minimum absolute atomic E-state index is 0.116. The molecule has 0 amide bonds. The molecule has 1 aromatic rings. The summed E-state index contributed by atoms with van der Waals surface area (Å²) in [7, 11) is 0. The van der Waals surface area contributed by atoms with Crippen molar-refractivity contribution < 1.29 is 4.74 Å². The quantitative estimate of drug-likeness (QED) is 0.645. The molecule has 1 aliphatic rings. The van der Waals surface area contributed by atoms with Gasteiger partial charge in [-0.15, -0.1) is 0 Å². The van der Waals surface area contributed by atoms with E-state index in [4.69, 9.17) is 33.8 Å². The molecule has 2 atom stereocenters. The van der Waals surface area contributed by atoms with Gasteiger partial charge in [-0.25, -0.2) is 5.84 Å². The molecule has 0 spiro atoms. The third kappa shape index (κ3) is 3.68. The lowest BCUT2D eigenvalue weighted by Crippen LogP contribution is -2.34. The Hall–Kier alpha value is -0.710. The Morgan fingerprint density at radius 2 is 2.05 bits per heavy atom. The molecular weight excluding hydrogens is 297 g/mol. The summed E-state index contributed by atoms with van der Waals surface area (Å²) in [5.74, 6) is 6.76. The zero-order chi connectivity index (χ0) is 14.9. The van der Waals surface area contributed by atoms with Crippen LogP contribution < -0.4 is 16.0 Å². The molecule has 3 N–H and O–H groups in total. The number of hydrogen-bond acceptors (Lipinski definition) is 4. The fourth-order valence-corrected chi connectivity index (χ4v) is 3.60. The van der Waals surface area contributed by atoms with Crippen LogP contribution in [0.2, 0.25) is 10.0 Å². The van der Waals surface area contributed by atoms with Crippen molar-refractivity contribution in [1.29, 1.82) is 0 Å². The number of nitrogen functional groups attached to an aromatic ring is 1. The van der Waals surface area contributed by atoms with E-state index in [-0.39, 0.29) is 11.5 Å². The van der Waals surface area contributed by atoms with E-state index in [1.807, 2.05) is 0 Å². The van der Waals surface area contributed by atoms with Crippen molar-refractivity contribution in [2.45, 2.75) is 46.1 Å². The molecule has 0 bridgehead atoms. The molecule has 1 aromatic heterocycles. The summed E-state index contributed by atoms with van der Waals surface area (Å²) in [5.41, 5.74) is 2.72. The lowest BCUT2D eigenvalue weighted by atomic mass is 9.71. The van der Waals surface area contributed by atoms with E-state index in [1.54, 1.807) is 6.07 Å². The van der Waals surface area contributed by atoms with E-state index in [9.17, 15) is 0 Å². The van der Waals surface area contributed by atoms with E-state index < -0.39 is 0 Å². The summed E-state index contributed by atoms with van der Waals surface area (Å²) in [6.07, 6.45) is 3.33. The Kier molecular flexibility index (Phi) is 4.67. The highest BCUT2D eigenvalue weighted by molar-refractivity contribution is 6.36. The van der Waals surface area contributed by atoms with Crippen LogP contribution in [-0.4, -0.2) is 11.1 Å². The van der Waals surface area contributed by atoms with Crippen LogP contribution in [0, 0.1) is 11.3 Å². The largest absolute Gasteiger partial charge is 0.473 e. The Bertz CT molecular complexity index is 494. The third-order valence-corrected chi connectivity index (χ3v) is 4.22. The maximum atomic E-state index is 6.14. The molecule has 6 heteroatoms. The number of ether oxygens (including phenoxy) is 1. The zero-order valence-corrected chi connectivity index (χ0v) is 13.6. The van der Waals surface area contributed by atoms with E-state index in [0.29, 0.717) is 27.7 Å². The van der Waals surface area contributed by atoms with Gasteiger partial charge in [0, 0.05) is 0 Å². The highest BCUT2D eigenvalue weighted by atomic mass is 35.5. The van der Waals surface area contributed by atoms with Crippen LogP contribution in [0.3, 0.4) is 0 Å². The zero-order valence-electron chi connectivity index (χ0n) is 12.0. The van der Waals surface area contributed by atoms with Crippen LogP contribution in [0.15, 0.2) is 6.07 Å². The van der Waals surface area contributed by atoms with E-state index in [2.05, 4.69) is 31.2 Å². The number of aromatic nitrogens is 1. The molecule has 1 saturated carbocycles. The molecule has 1 aliphatic carbocycles. The molecule has 20 heavy (non-hydrogen) atoms. The van der Waals surface area contributed by atoms with Gasteiger partial charge in [0.15, 0.2) is 5.82 Å². The molecule has 0 aliphatic heterocycles. The van der Waals surface area contributed by atoms with Crippen LogP contribution in [0.1, 0.15) is 40.0 Å². The molecule has 0 aromatic carbocycles. The first-order valence-electron chi connectivity index (χ1n) is 6.80. The van der Waals surface area contributed by atoms with Crippen LogP contribution >= 0.6 is 23.2 Å². The van der Waals surface area contributed by atoms with Gasteiger partial charge >= 0.3 is 0 Å². The number of nitrogens with zero attached hydrogens (tertiary/aromatic N) is 1. The molecule has 4 nitrogen and oxygen atoms in total. The van der Waals surface area contributed by atoms with Gasteiger partial charge in [-0.1, -0.05) is 44.0 Å². The number of hydrogen-bond donors (Lipinski definition) is 2. The summed E-state index contributed by atoms with van der Waals surface area (Å²) in [6, 6.07) is 1.60. The first-order chi connectivity index (χ1) is 9.30. The first kappa shape index (κ1) is 15.7. The second-order valence-corrected chi connectivity index (χ2v) is 7.22. The van der Waals surface area contributed by atoms with Gasteiger partial charge in [0.25, 0.3) is 0 Å². The van der Waals surface area contributed by atoms with Crippen molar-refractivity contribution in [1.82, 2.24) is 4.98 Å². The second-order valence-electron chi connectivity index (χ2n) is 6.40. The number of pyridine rings is 1. The van der Waals surface area contributed by atoms with E-state index in [1.165, 1.54) is 6.42 Å². The Labute approximate surface area is 130 Å². The van der Waals surface area contributed by atoms with Crippen molar-refractivity contribution >= 4 is 29.0 Å². The van der Waals surface area contributed by atoms with Crippen LogP contribution in [0.5, 0.6) is 5.88 Å². The molecular formula is C14H21Cl2N3O. The van der Waals surface area contributed by atoms with Crippen LogP contribution in [-0.2, 0) is 0 Å². The van der Waals surface area contributed by atoms with Gasteiger partial charge in [0.05, 0.1) is 5.02 Å². The average molecular weight is 318 g/mol. The van der Waals surface area contributed by atoms with Gasteiger partial charge in [0.1, 0.15) is 11.1 Å². The Balaban J connectivity index is 2.17. The van der Waals surface area contributed by atoms with Gasteiger partial charge in [0.2, 0.25) is 5.88 Å². The lowest BCUT2D eigenvalue weighted by Gasteiger charge is -2.38. The van der Waals surface area contributed by atoms with Crippen molar-refractivity contribution in [2.75, 3.05) is 5.43 Å². The summed E-state index contributed by atoms with van der Waals surface area (Å²) in [4.78, 5) is 4.23.